The van der Waals surface area contributed by atoms with Gasteiger partial charge in [0.2, 0.25) is 0 Å². The summed E-state index contributed by atoms with van der Waals surface area (Å²) in [5.74, 6) is -1.57. The van der Waals surface area contributed by atoms with Crippen molar-refractivity contribution in [2.75, 3.05) is 6.54 Å². The van der Waals surface area contributed by atoms with E-state index in [4.69, 9.17) is 9.84 Å². The highest BCUT2D eigenvalue weighted by molar-refractivity contribution is 8.00. The Morgan fingerprint density at radius 3 is 2.29 bits per heavy atom. The van der Waals surface area contributed by atoms with E-state index in [1.54, 1.807) is 42.5 Å². The molecule has 0 spiro atoms. The van der Waals surface area contributed by atoms with Gasteiger partial charge in [-0.2, -0.15) is 13.2 Å². The van der Waals surface area contributed by atoms with Crippen molar-refractivity contribution in [1.29, 1.82) is 0 Å². The van der Waals surface area contributed by atoms with Crippen LogP contribution in [0.25, 0.3) is 11.1 Å². The summed E-state index contributed by atoms with van der Waals surface area (Å²) in [6, 6.07) is 19.4. The first-order valence-electron chi connectivity index (χ1n) is 9.98. The lowest BCUT2D eigenvalue weighted by atomic mass is 10.0. The van der Waals surface area contributed by atoms with Gasteiger partial charge in [-0.05, 0) is 64.9 Å². The normalized spacial score (nSPS) is 12.1. The maximum Gasteiger partial charge on any atom is 0.446 e. The molecule has 0 heterocycles. The molecule has 3 aromatic rings. The van der Waals surface area contributed by atoms with Crippen LogP contribution in [0.4, 0.5) is 13.2 Å². The predicted octanol–water partition coefficient (Wildman–Crippen LogP) is 4.72. The summed E-state index contributed by atoms with van der Waals surface area (Å²) in [5.41, 5.74) is -2.42. The minimum Gasteiger partial charge on any atom is -0.489 e. The number of benzene rings is 3. The summed E-state index contributed by atoms with van der Waals surface area (Å²) >= 11 is -0.170. The molecule has 3 aromatic carbocycles. The van der Waals surface area contributed by atoms with E-state index in [9.17, 15) is 27.9 Å². The van der Waals surface area contributed by atoms with Gasteiger partial charge in [0.05, 0.1) is 6.54 Å². The smallest absolute Gasteiger partial charge is 0.446 e. The quantitative estimate of drug-likeness (QED) is 0.375. The summed E-state index contributed by atoms with van der Waals surface area (Å²) in [6.45, 7) is -0.341. The molecule has 0 radical (unpaired) electrons. The number of amides is 1. The lowest BCUT2D eigenvalue weighted by Crippen LogP contribution is -2.36. The van der Waals surface area contributed by atoms with Crippen molar-refractivity contribution in [2.24, 2.45) is 0 Å². The van der Waals surface area contributed by atoms with Crippen LogP contribution in [0.15, 0.2) is 77.7 Å². The van der Waals surface area contributed by atoms with Gasteiger partial charge < -0.3 is 20.3 Å². The lowest BCUT2D eigenvalue weighted by molar-refractivity contribution is -0.146. The molecular formula is C24H20F3NO5S. The summed E-state index contributed by atoms with van der Waals surface area (Å²) in [4.78, 5) is 22.7. The zero-order chi connectivity index (χ0) is 24.7. The van der Waals surface area contributed by atoms with Gasteiger partial charge in [-0.25, -0.2) is 4.79 Å². The van der Waals surface area contributed by atoms with Crippen LogP contribution >= 0.6 is 11.8 Å². The van der Waals surface area contributed by atoms with Gasteiger partial charge in [0, 0.05) is 10.5 Å². The third-order valence-electron chi connectivity index (χ3n) is 4.62. The zero-order valence-corrected chi connectivity index (χ0v) is 18.4. The van der Waals surface area contributed by atoms with Crippen LogP contribution in [-0.4, -0.2) is 40.2 Å². The summed E-state index contributed by atoms with van der Waals surface area (Å²) in [7, 11) is 0. The molecule has 3 N–H and O–H groups in total. The number of hydrogen-bond acceptors (Lipinski definition) is 5. The molecule has 0 fully saturated rings. The maximum atomic E-state index is 13.0. The lowest BCUT2D eigenvalue weighted by Gasteiger charge is -2.14. The number of aliphatic carboxylic acids is 1. The third kappa shape index (κ3) is 7.26. The van der Waals surface area contributed by atoms with Crippen molar-refractivity contribution in [2.45, 2.75) is 23.1 Å². The Morgan fingerprint density at radius 1 is 1.00 bits per heavy atom. The molecule has 0 aromatic heterocycles. The van der Waals surface area contributed by atoms with Gasteiger partial charge >= 0.3 is 11.5 Å². The Labute approximate surface area is 197 Å². The fourth-order valence-electron chi connectivity index (χ4n) is 2.97. The molecular weight excluding hydrogens is 471 g/mol. The minimum absolute atomic E-state index is 0.0887. The second-order valence-corrected chi connectivity index (χ2v) is 8.23. The van der Waals surface area contributed by atoms with Gasteiger partial charge in [0.1, 0.15) is 12.4 Å². The molecule has 0 bridgehead atoms. The van der Waals surface area contributed by atoms with Gasteiger partial charge in [-0.3, -0.25) is 4.79 Å². The number of carbonyl (C=O) groups is 2. The second-order valence-electron chi connectivity index (χ2n) is 7.12. The first-order chi connectivity index (χ1) is 16.1. The summed E-state index contributed by atoms with van der Waals surface area (Å²) in [5, 5.41) is 20.2. The topological polar surface area (TPSA) is 95.9 Å². The number of carboxylic acids is 1. The van der Waals surface area contributed by atoms with E-state index in [1.807, 2.05) is 0 Å². The van der Waals surface area contributed by atoms with Gasteiger partial charge in [-0.1, -0.05) is 36.4 Å². The molecule has 6 nitrogen and oxygen atoms in total. The molecule has 1 amide bonds. The molecule has 10 heteroatoms. The Bertz CT molecular complexity index is 1140. The zero-order valence-electron chi connectivity index (χ0n) is 17.6. The van der Waals surface area contributed by atoms with Crippen molar-refractivity contribution in [3.8, 4) is 16.9 Å². The number of carbonyl (C=O) groups excluding carboxylic acids is 1. The summed E-state index contributed by atoms with van der Waals surface area (Å²) in [6.07, 6.45) is -1.70. The van der Waals surface area contributed by atoms with E-state index < -0.39 is 30.0 Å². The molecule has 1 atom stereocenters. The van der Waals surface area contributed by atoms with E-state index in [1.165, 1.54) is 30.3 Å². The second kappa shape index (κ2) is 11.1. The van der Waals surface area contributed by atoms with Crippen molar-refractivity contribution in [3.05, 3.63) is 83.9 Å². The first-order valence-corrected chi connectivity index (χ1v) is 10.8. The van der Waals surface area contributed by atoms with Gasteiger partial charge in [0.25, 0.3) is 5.91 Å². The predicted molar refractivity (Wildman–Crippen MR) is 121 cm³/mol. The van der Waals surface area contributed by atoms with Crippen molar-refractivity contribution >= 4 is 23.6 Å². The molecule has 34 heavy (non-hydrogen) atoms. The standard InChI is InChI=1S/C24H20F3NO5S/c25-24(26,27)34-21-11-6-15(12-19(21)16-4-2-1-3-5-16)14-33-18-9-7-17(8-10-18)22(30)28-13-20(29)23(31)32/h1-12,20,29H,13-14H2,(H,28,30)(H,31,32). The number of nitrogens with one attached hydrogen (secondary N) is 1. The molecule has 0 aliphatic heterocycles. The van der Waals surface area contributed by atoms with E-state index in [0.29, 0.717) is 22.4 Å². The Hall–Kier alpha value is -3.50. The molecule has 0 saturated heterocycles. The number of ether oxygens (including phenoxy) is 1. The number of halogens is 3. The third-order valence-corrected chi connectivity index (χ3v) is 5.42. The van der Waals surface area contributed by atoms with Gasteiger partial charge in [0.15, 0.2) is 6.10 Å². The van der Waals surface area contributed by atoms with Crippen molar-refractivity contribution in [3.63, 3.8) is 0 Å². The molecule has 0 saturated carbocycles. The highest BCUT2D eigenvalue weighted by Gasteiger charge is 2.30. The number of carboxylic acid groups (broad SMARTS) is 1. The van der Waals surface area contributed by atoms with Gasteiger partial charge in [-0.15, -0.1) is 0 Å². The Balaban J connectivity index is 1.68. The summed E-state index contributed by atoms with van der Waals surface area (Å²) < 4.78 is 44.7. The fraction of sp³-hybridized carbons (Fsp3) is 0.167. The maximum absolute atomic E-state index is 13.0. The first kappa shape index (κ1) is 25.1. The average Bonchev–Trinajstić information content (AvgIpc) is 2.81. The van der Waals surface area contributed by atoms with Crippen molar-refractivity contribution < 1.29 is 37.7 Å². The van der Waals surface area contributed by atoms with Crippen LogP contribution in [-0.2, 0) is 11.4 Å². The number of hydrogen-bond donors (Lipinski definition) is 3. The Morgan fingerprint density at radius 2 is 1.68 bits per heavy atom. The SMILES string of the molecule is O=C(NCC(O)C(=O)O)c1ccc(OCc2ccc(SC(F)(F)F)c(-c3ccccc3)c2)cc1. The Kier molecular flexibility index (Phi) is 8.19. The highest BCUT2D eigenvalue weighted by Crippen LogP contribution is 2.42. The number of aliphatic hydroxyl groups excluding tert-OH is 1. The van der Waals surface area contributed by atoms with E-state index >= 15 is 0 Å². The average molecular weight is 491 g/mol. The molecule has 178 valence electrons. The fourth-order valence-corrected chi connectivity index (χ4v) is 3.64. The van der Waals surface area contributed by atoms with E-state index in [-0.39, 0.29) is 28.8 Å². The van der Waals surface area contributed by atoms with E-state index in [0.717, 1.165) is 0 Å². The molecule has 0 aliphatic carbocycles. The number of alkyl halides is 3. The number of thioether (sulfide) groups is 1. The molecule has 3 rings (SSSR count). The number of rotatable bonds is 9. The van der Waals surface area contributed by atoms with Crippen LogP contribution < -0.4 is 10.1 Å². The molecule has 1 unspecified atom stereocenters. The van der Waals surface area contributed by atoms with E-state index in [2.05, 4.69) is 5.32 Å². The van der Waals surface area contributed by atoms with Crippen LogP contribution in [0.2, 0.25) is 0 Å². The minimum atomic E-state index is -4.42. The largest absolute Gasteiger partial charge is 0.489 e. The van der Waals surface area contributed by atoms with Crippen LogP contribution in [0.1, 0.15) is 15.9 Å². The van der Waals surface area contributed by atoms with Crippen LogP contribution in [0.3, 0.4) is 0 Å². The van der Waals surface area contributed by atoms with Crippen LogP contribution in [0.5, 0.6) is 5.75 Å². The van der Waals surface area contributed by atoms with Crippen molar-refractivity contribution in [1.82, 2.24) is 5.32 Å². The molecule has 0 aliphatic rings. The highest BCUT2D eigenvalue weighted by atomic mass is 32.2. The number of aliphatic hydroxyl groups is 1. The van der Waals surface area contributed by atoms with Crippen LogP contribution in [0, 0.1) is 0 Å². The monoisotopic (exact) mass is 491 g/mol.